The summed E-state index contributed by atoms with van der Waals surface area (Å²) in [6.07, 6.45) is 9.74. The van der Waals surface area contributed by atoms with Gasteiger partial charge in [-0.2, -0.15) is 0 Å². The van der Waals surface area contributed by atoms with Crippen LogP contribution in [0.5, 0.6) is 0 Å². The second kappa shape index (κ2) is 3.46. The smallest absolute Gasteiger partial charge is 0.0127 e. The van der Waals surface area contributed by atoms with E-state index in [1.165, 1.54) is 44.9 Å². The van der Waals surface area contributed by atoms with Crippen molar-refractivity contribution in [2.45, 2.75) is 51.0 Å². The predicted molar refractivity (Wildman–Crippen MR) is 62.3 cm³/mol. The Balaban J connectivity index is 1.83. The summed E-state index contributed by atoms with van der Waals surface area (Å²) in [5.41, 5.74) is 12.9. The van der Waals surface area contributed by atoms with Crippen molar-refractivity contribution in [2.75, 3.05) is 6.54 Å². The molecule has 3 fully saturated rings. The monoisotopic (exact) mass is 208 g/mol. The van der Waals surface area contributed by atoms with Crippen molar-refractivity contribution in [3.8, 4) is 0 Å². The zero-order valence-corrected chi connectivity index (χ0v) is 9.62. The first-order chi connectivity index (χ1) is 7.26. The molecule has 0 aliphatic heterocycles. The molecule has 4 N–H and O–H groups in total. The molecule has 0 aromatic rings. The normalized spacial score (nSPS) is 54.0. The molecule has 2 heteroatoms. The summed E-state index contributed by atoms with van der Waals surface area (Å²) in [4.78, 5) is 0. The SMILES string of the molecule is NC[C@@H]1CCC[C@]2(C1)[C@@H]1CC[C@@H](C1)[C@H]2N. The Hall–Kier alpha value is -0.0800. The minimum Gasteiger partial charge on any atom is -0.330 e. The van der Waals surface area contributed by atoms with Crippen LogP contribution in [-0.2, 0) is 0 Å². The highest BCUT2D eigenvalue weighted by atomic mass is 14.8. The predicted octanol–water partition coefficient (Wildman–Crippen LogP) is 1.88. The molecule has 5 atom stereocenters. The van der Waals surface area contributed by atoms with Gasteiger partial charge in [0.15, 0.2) is 0 Å². The molecule has 2 bridgehead atoms. The highest BCUT2D eigenvalue weighted by molar-refractivity contribution is 5.10. The van der Waals surface area contributed by atoms with Crippen molar-refractivity contribution in [1.29, 1.82) is 0 Å². The lowest BCUT2D eigenvalue weighted by Crippen LogP contribution is -2.49. The van der Waals surface area contributed by atoms with Gasteiger partial charge in [-0.3, -0.25) is 0 Å². The second-order valence-corrected chi connectivity index (χ2v) is 6.23. The van der Waals surface area contributed by atoms with Gasteiger partial charge in [-0.1, -0.05) is 6.42 Å². The van der Waals surface area contributed by atoms with Crippen LogP contribution in [0.25, 0.3) is 0 Å². The molecule has 86 valence electrons. The van der Waals surface area contributed by atoms with Gasteiger partial charge in [-0.15, -0.1) is 0 Å². The maximum atomic E-state index is 6.51. The summed E-state index contributed by atoms with van der Waals surface area (Å²) in [5, 5.41) is 0. The molecule has 0 heterocycles. The lowest BCUT2D eigenvalue weighted by molar-refractivity contribution is 0.0505. The molecule has 3 rings (SSSR count). The number of fused-ring (bicyclic) bond motifs is 3. The lowest BCUT2D eigenvalue weighted by atomic mass is 9.59. The van der Waals surface area contributed by atoms with E-state index in [1.54, 1.807) is 0 Å². The average molecular weight is 208 g/mol. The molecule has 1 spiro atoms. The fourth-order valence-electron chi connectivity index (χ4n) is 4.94. The van der Waals surface area contributed by atoms with Crippen LogP contribution < -0.4 is 11.5 Å². The van der Waals surface area contributed by atoms with Gasteiger partial charge >= 0.3 is 0 Å². The van der Waals surface area contributed by atoms with E-state index in [1.807, 2.05) is 0 Å². The molecule has 2 nitrogen and oxygen atoms in total. The van der Waals surface area contributed by atoms with Crippen LogP contribution >= 0.6 is 0 Å². The van der Waals surface area contributed by atoms with Gasteiger partial charge in [-0.25, -0.2) is 0 Å². The van der Waals surface area contributed by atoms with Crippen molar-refractivity contribution >= 4 is 0 Å². The highest BCUT2D eigenvalue weighted by Crippen LogP contribution is 2.61. The summed E-state index contributed by atoms with van der Waals surface area (Å²) in [6, 6.07) is 0.505. The summed E-state index contributed by atoms with van der Waals surface area (Å²) in [7, 11) is 0. The summed E-state index contributed by atoms with van der Waals surface area (Å²) >= 11 is 0. The van der Waals surface area contributed by atoms with Crippen molar-refractivity contribution < 1.29 is 0 Å². The first-order valence-corrected chi connectivity index (χ1v) is 6.72. The zero-order chi connectivity index (χ0) is 10.5. The quantitative estimate of drug-likeness (QED) is 0.691. The third kappa shape index (κ3) is 1.31. The number of rotatable bonds is 1. The van der Waals surface area contributed by atoms with Crippen molar-refractivity contribution in [1.82, 2.24) is 0 Å². The van der Waals surface area contributed by atoms with Crippen LogP contribution in [0.4, 0.5) is 0 Å². The topological polar surface area (TPSA) is 52.0 Å². The van der Waals surface area contributed by atoms with Crippen LogP contribution in [0.2, 0.25) is 0 Å². The van der Waals surface area contributed by atoms with Gasteiger partial charge in [0.2, 0.25) is 0 Å². The van der Waals surface area contributed by atoms with E-state index >= 15 is 0 Å². The number of hydrogen-bond acceptors (Lipinski definition) is 2. The molecule has 0 saturated heterocycles. The van der Waals surface area contributed by atoms with Gasteiger partial charge < -0.3 is 11.5 Å². The average Bonchev–Trinajstić information content (AvgIpc) is 2.84. The van der Waals surface area contributed by atoms with Gasteiger partial charge in [0.05, 0.1) is 0 Å². The molecule has 0 aromatic heterocycles. The van der Waals surface area contributed by atoms with E-state index in [0.29, 0.717) is 11.5 Å². The molecular formula is C13H24N2. The number of nitrogens with two attached hydrogens (primary N) is 2. The first-order valence-electron chi connectivity index (χ1n) is 6.72. The molecule has 15 heavy (non-hydrogen) atoms. The van der Waals surface area contributed by atoms with Crippen LogP contribution in [-0.4, -0.2) is 12.6 Å². The van der Waals surface area contributed by atoms with E-state index in [0.717, 1.165) is 24.3 Å². The van der Waals surface area contributed by atoms with E-state index in [4.69, 9.17) is 11.5 Å². The Morgan fingerprint density at radius 3 is 2.73 bits per heavy atom. The Labute approximate surface area is 92.8 Å². The minimum atomic E-state index is 0.505. The lowest BCUT2D eigenvalue weighted by Gasteiger charge is -2.47. The molecular weight excluding hydrogens is 184 g/mol. The molecule has 0 amide bonds. The fraction of sp³-hybridized carbons (Fsp3) is 1.00. The maximum absolute atomic E-state index is 6.51. The Morgan fingerprint density at radius 2 is 2.07 bits per heavy atom. The molecule has 3 aliphatic carbocycles. The van der Waals surface area contributed by atoms with Gasteiger partial charge in [-0.05, 0) is 68.2 Å². The summed E-state index contributed by atoms with van der Waals surface area (Å²) < 4.78 is 0. The fourth-order valence-corrected chi connectivity index (χ4v) is 4.94. The highest BCUT2D eigenvalue weighted by Gasteiger charge is 2.57. The van der Waals surface area contributed by atoms with Gasteiger partial charge in [0.25, 0.3) is 0 Å². The third-order valence-corrected chi connectivity index (χ3v) is 5.71. The standard InChI is InChI=1S/C13H24N2/c14-8-9-2-1-5-13(7-9)11-4-3-10(6-11)12(13)15/h9-12H,1-8,14-15H2/t9-,10+,11-,12-,13+/m1/s1. The Morgan fingerprint density at radius 1 is 1.20 bits per heavy atom. The first kappa shape index (κ1) is 10.1. The van der Waals surface area contributed by atoms with E-state index in [-0.39, 0.29) is 0 Å². The molecule has 0 aromatic carbocycles. The van der Waals surface area contributed by atoms with Crippen molar-refractivity contribution in [3.63, 3.8) is 0 Å². The molecule has 0 radical (unpaired) electrons. The van der Waals surface area contributed by atoms with Crippen molar-refractivity contribution in [2.24, 2.45) is 34.6 Å². The maximum Gasteiger partial charge on any atom is 0.0127 e. The zero-order valence-electron chi connectivity index (χ0n) is 9.62. The Kier molecular flexibility index (Phi) is 2.33. The van der Waals surface area contributed by atoms with Gasteiger partial charge in [0, 0.05) is 6.04 Å². The summed E-state index contributed by atoms with van der Waals surface area (Å²) in [5.74, 6) is 2.57. The van der Waals surface area contributed by atoms with E-state index in [9.17, 15) is 0 Å². The minimum absolute atomic E-state index is 0.505. The van der Waals surface area contributed by atoms with Crippen LogP contribution in [0.15, 0.2) is 0 Å². The largest absolute Gasteiger partial charge is 0.330 e. The van der Waals surface area contributed by atoms with Crippen LogP contribution in [0.3, 0.4) is 0 Å². The van der Waals surface area contributed by atoms with E-state index < -0.39 is 0 Å². The van der Waals surface area contributed by atoms with E-state index in [2.05, 4.69) is 0 Å². The molecule has 0 unspecified atom stereocenters. The van der Waals surface area contributed by atoms with Crippen LogP contribution in [0, 0.1) is 23.2 Å². The molecule has 3 aliphatic rings. The third-order valence-electron chi connectivity index (χ3n) is 5.71. The second-order valence-electron chi connectivity index (χ2n) is 6.23. The Bertz CT molecular complexity index is 249. The molecule has 3 saturated carbocycles. The van der Waals surface area contributed by atoms with Crippen molar-refractivity contribution in [3.05, 3.63) is 0 Å². The number of hydrogen-bond donors (Lipinski definition) is 2. The van der Waals surface area contributed by atoms with Gasteiger partial charge in [0.1, 0.15) is 0 Å². The van der Waals surface area contributed by atoms with Crippen LogP contribution in [0.1, 0.15) is 44.9 Å². The summed E-state index contributed by atoms with van der Waals surface area (Å²) in [6.45, 7) is 0.881.